The number of nitrogens with two attached hydrogens (primary N) is 1. The Balaban J connectivity index is 2.27. The molecular formula is C14H23NO2S. The predicted molar refractivity (Wildman–Crippen MR) is 77.2 cm³/mol. The quantitative estimate of drug-likeness (QED) is 0.737. The van der Waals surface area contributed by atoms with Crippen molar-refractivity contribution in [3.8, 4) is 5.75 Å². The normalized spacial score (nSPS) is 12.7. The van der Waals surface area contributed by atoms with Crippen LogP contribution in [0.2, 0.25) is 0 Å². The predicted octanol–water partition coefficient (Wildman–Crippen LogP) is 2.32. The van der Waals surface area contributed by atoms with Crippen LogP contribution in [-0.2, 0) is 17.3 Å². The molecule has 0 saturated carbocycles. The van der Waals surface area contributed by atoms with E-state index in [1.165, 1.54) is 0 Å². The van der Waals surface area contributed by atoms with E-state index in [0.717, 1.165) is 23.5 Å². The smallest absolute Gasteiger partial charge is 0.123 e. The minimum atomic E-state index is -0.720. The first-order valence-electron chi connectivity index (χ1n) is 6.39. The third kappa shape index (κ3) is 5.65. The van der Waals surface area contributed by atoms with Crippen LogP contribution in [-0.4, -0.2) is 22.3 Å². The lowest BCUT2D eigenvalue weighted by molar-refractivity contribution is 0.315. The molecule has 18 heavy (non-hydrogen) atoms. The Bertz CT molecular complexity index is 380. The van der Waals surface area contributed by atoms with E-state index >= 15 is 0 Å². The van der Waals surface area contributed by atoms with Crippen LogP contribution in [0, 0.1) is 5.92 Å². The number of para-hydroxylation sites is 1. The molecule has 0 radical (unpaired) electrons. The highest BCUT2D eigenvalue weighted by atomic mass is 32.2. The van der Waals surface area contributed by atoms with Crippen molar-refractivity contribution in [3.05, 3.63) is 29.8 Å². The van der Waals surface area contributed by atoms with Gasteiger partial charge in [0.05, 0.1) is 6.61 Å². The summed E-state index contributed by atoms with van der Waals surface area (Å²) in [5.41, 5.74) is 6.64. The summed E-state index contributed by atoms with van der Waals surface area (Å²) in [6, 6.07) is 7.78. The number of benzene rings is 1. The molecule has 0 fully saturated rings. The molecule has 0 saturated heterocycles. The largest absolute Gasteiger partial charge is 0.493 e. The van der Waals surface area contributed by atoms with Crippen molar-refractivity contribution in [1.82, 2.24) is 0 Å². The van der Waals surface area contributed by atoms with Gasteiger partial charge in [0.15, 0.2) is 0 Å². The van der Waals surface area contributed by atoms with Gasteiger partial charge in [-0.15, -0.1) is 0 Å². The summed E-state index contributed by atoms with van der Waals surface area (Å²) in [7, 11) is -0.720. The van der Waals surface area contributed by atoms with Gasteiger partial charge in [-0.2, -0.15) is 0 Å². The van der Waals surface area contributed by atoms with E-state index in [2.05, 4.69) is 13.8 Å². The maximum absolute atomic E-state index is 11.6. The van der Waals surface area contributed by atoms with E-state index in [9.17, 15) is 4.21 Å². The van der Waals surface area contributed by atoms with E-state index in [0.29, 0.717) is 24.8 Å². The second kappa shape index (κ2) is 8.27. The molecule has 0 aliphatic heterocycles. The third-order valence-corrected chi connectivity index (χ3v) is 4.27. The molecular weight excluding hydrogens is 246 g/mol. The van der Waals surface area contributed by atoms with Crippen LogP contribution >= 0.6 is 0 Å². The first-order valence-corrected chi connectivity index (χ1v) is 7.88. The second-order valence-electron chi connectivity index (χ2n) is 4.72. The molecule has 1 rings (SSSR count). The van der Waals surface area contributed by atoms with Gasteiger partial charge < -0.3 is 10.5 Å². The van der Waals surface area contributed by atoms with E-state index in [1.54, 1.807) is 0 Å². The van der Waals surface area contributed by atoms with E-state index in [4.69, 9.17) is 10.5 Å². The lowest BCUT2D eigenvalue weighted by atomic mass is 10.2. The van der Waals surface area contributed by atoms with Gasteiger partial charge in [0.25, 0.3) is 0 Å². The Morgan fingerprint density at radius 3 is 2.72 bits per heavy atom. The van der Waals surface area contributed by atoms with E-state index in [1.807, 2.05) is 24.3 Å². The first-order chi connectivity index (χ1) is 8.63. The Kier molecular flexibility index (Phi) is 6.98. The zero-order valence-electron chi connectivity index (χ0n) is 11.2. The molecule has 1 aromatic carbocycles. The number of hydrogen-bond acceptors (Lipinski definition) is 3. The highest BCUT2D eigenvalue weighted by molar-refractivity contribution is 7.84. The van der Waals surface area contributed by atoms with Crippen molar-refractivity contribution in [2.24, 2.45) is 11.7 Å². The molecule has 0 aromatic heterocycles. The molecule has 0 amide bonds. The molecule has 102 valence electrons. The molecule has 0 spiro atoms. The highest BCUT2D eigenvalue weighted by Crippen LogP contribution is 2.17. The summed E-state index contributed by atoms with van der Waals surface area (Å²) in [4.78, 5) is 0. The minimum absolute atomic E-state index is 0.482. The molecule has 3 nitrogen and oxygen atoms in total. The van der Waals surface area contributed by atoms with Gasteiger partial charge >= 0.3 is 0 Å². The molecule has 1 aromatic rings. The summed E-state index contributed by atoms with van der Waals surface area (Å²) in [5, 5.41) is 0. The average molecular weight is 269 g/mol. The van der Waals surface area contributed by atoms with Gasteiger partial charge in [-0.05, 0) is 18.4 Å². The monoisotopic (exact) mass is 269 g/mol. The van der Waals surface area contributed by atoms with Crippen LogP contribution in [0.4, 0.5) is 0 Å². The fraction of sp³-hybridized carbons (Fsp3) is 0.571. The molecule has 0 heterocycles. The van der Waals surface area contributed by atoms with Crippen LogP contribution in [0.25, 0.3) is 0 Å². The fourth-order valence-corrected chi connectivity index (χ4v) is 3.02. The molecule has 0 aliphatic rings. The molecule has 4 heteroatoms. The summed E-state index contributed by atoms with van der Waals surface area (Å²) >= 11 is 0. The van der Waals surface area contributed by atoms with Crippen LogP contribution < -0.4 is 10.5 Å². The standard InChI is InChI=1S/C14H23NO2S/c1-12(2)11-18(16)9-5-8-17-14-7-4-3-6-13(14)10-15/h3-4,6-7,12H,5,8-11,15H2,1-2H3. The van der Waals surface area contributed by atoms with Crippen LogP contribution in [0.1, 0.15) is 25.8 Å². The van der Waals surface area contributed by atoms with Gasteiger partial charge in [0.2, 0.25) is 0 Å². The summed E-state index contributed by atoms with van der Waals surface area (Å²) in [6.07, 6.45) is 0.818. The average Bonchev–Trinajstić information content (AvgIpc) is 2.34. The number of hydrogen-bond donors (Lipinski definition) is 1. The van der Waals surface area contributed by atoms with Crippen molar-refractivity contribution in [3.63, 3.8) is 0 Å². The molecule has 1 atom stereocenters. The van der Waals surface area contributed by atoms with E-state index in [-0.39, 0.29) is 0 Å². The third-order valence-electron chi connectivity index (χ3n) is 2.49. The maximum Gasteiger partial charge on any atom is 0.123 e. The van der Waals surface area contributed by atoms with Crippen molar-refractivity contribution in [2.45, 2.75) is 26.8 Å². The highest BCUT2D eigenvalue weighted by Gasteiger charge is 2.04. The minimum Gasteiger partial charge on any atom is -0.493 e. The Hall–Kier alpha value is -0.870. The van der Waals surface area contributed by atoms with Gasteiger partial charge in [-0.1, -0.05) is 32.0 Å². The van der Waals surface area contributed by atoms with Crippen LogP contribution in [0.3, 0.4) is 0 Å². The zero-order valence-corrected chi connectivity index (χ0v) is 12.0. The summed E-state index contributed by atoms with van der Waals surface area (Å²) < 4.78 is 17.3. The van der Waals surface area contributed by atoms with Crippen molar-refractivity contribution < 1.29 is 8.95 Å². The lowest BCUT2D eigenvalue weighted by Gasteiger charge is -2.10. The molecule has 1 unspecified atom stereocenters. The Morgan fingerprint density at radius 2 is 2.06 bits per heavy atom. The zero-order chi connectivity index (χ0) is 13.4. The first kappa shape index (κ1) is 15.2. The molecule has 0 aliphatic carbocycles. The number of rotatable bonds is 8. The second-order valence-corrected chi connectivity index (χ2v) is 6.34. The van der Waals surface area contributed by atoms with Crippen LogP contribution in [0.5, 0.6) is 5.75 Å². The molecule has 0 bridgehead atoms. The topological polar surface area (TPSA) is 52.3 Å². The summed E-state index contributed by atoms with van der Waals surface area (Å²) in [6.45, 7) is 5.26. The SMILES string of the molecule is CC(C)CS(=O)CCCOc1ccccc1CN. The van der Waals surface area contributed by atoms with Crippen molar-refractivity contribution in [2.75, 3.05) is 18.1 Å². The summed E-state index contributed by atoms with van der Waals surface area (Å²) in [5.74, 6) is 2.82. The maximum atomic E-state index is 11.6. The van der Waals surface area contributed by atoms with Gasteiger partial charge in [0.1, 0.15) is 5.75 Å². The Labute approximate surface area is 112 Å². The van der Waals surface area contributed by atoms with Crippen molar-refractivity contribution >= 4 is 10.8 Å². The van der Waals surface area contributed by atoms with Gasteiger partial charge in [0, 0.05) is 34.4 Å². The van der Waals surface area contributed by atoms with E-state index < -0.39 is 10.8 Å². The number of ether oxygens (including phenoxy) is 1. The molecule has 2 N–H and O–H groups in total. The Morgan fingerprint density at radius 1 is 1.33 bits per heavy atom. The van der Waals surface area contributed by atoms with Crippen LogP contribution in [0.15, 0.2) is 24.3 Å². The van der Waals surface area contributed by atoms with Gasteiger partial charge in [-0.25, -0.2) is 0 Å². The van der Waals surface area contributed by atoms with Crippen molar-refractivity contribution in [1.29, 1.82) is 0 Å². The fourth-order valence-electron chi connectivity index (χ4n) is 1.67. The van der Waals surface area contributed by atoms with Gasteiger partial charge in [-0.3, -0.25) is 4.21 Å². The lowest BCUT2D eigenvalue weighted by Crippen LogP contribution is -2.11.